The van der Waals surface area contributed by atoms with E-state index in [-0.39, 0.29) is 27.1 Å². The molecule has 2 N–H and O–H groups in total. The van der Waals surface area contributed by atoms with Crippen molar-refractivity contribution in [1.29, 1.82) is 0 Å². The summed E-state index contributed by atoms with van der Waals surface area (Å²) in [6.07, 6.45) is 2.39. The highest BCUT2D eigenvalue weighted by Crippen LogP contribution is 2.27. The zero-order valence-electron chi connectivity index (χ0n) is 17.6. The third kappa shape index (κ3) is 4.89. The molecule has 3 aromatic rings. The van der Waals surface area contributed by atoms with E-state index in [1.807, 2.05) is 19.1 Å². The van der Waals surface area contributed by atoms with Crippen molar-refractivity contribution < 1.29 is 13.2 Å². The van der Waals surface area contributed by atoms with Crippen molar-refractivity contribution in [3.63, 3.8) is 0 Å². The van der Waals surface area contributed by atoms with E-state index < -0.39 is 10.0 Å². The number of hydrogen-bond donors (Lipinski definition) is 2. The summed E-state index contributed by atoms with van der Waals surface area (Å²) in [6.45, 7) is 4.05. The number of anilines is 3. The molecule has 0 aromatic heterocycles. The monoisotopic (exact) mass is 469 g/mol. The van der Waals surface area contributed by atoms with Crippen LogP contribution >= 0.6 is 11.6 Å². The van der Waals surface area contributed by atoms with Crippen LogP contribution in [0.2, 0.25) is 5.02 Å². The molecule has 166 valence electrons. The summed E-state index contributed by atoms with van der Waals surface area (Å²) in [5, 5.41) is 3.18. The number of halogens is 1. The lowest BCUT2D eigenvalue weighted by atomic mass is 10.1. The average Bonchev–Trinajstić information content (AvgIpc) is 3.32. The summed E-state index contributed by atoms with van der Waals surface area (Å²) in [5.41, 5.74) is 3.32. The zero-order chi connectivity index (χ0) is 22.7. The SMILES string of the molecule is Cc1cc(N2CCCC2)ccc1NC(=O)c1cccc(S(=O)(=O)Nc2ccccc2Cl)c1. The maximum atomic E-state index is 12.8. The van der Waals surface area contributed by atoms with Gasteiger partial charge in [-0.1, -0.05) is 29.8 Å². The van der Waals surface area contributed by atoms with Crippen LogP contribution in [0, 0.1) is 6.92 Å². The van der Waals surface area contributed by atoms with E-state index in [0.717, 1.165) is 24.3 Å². The van der Waals surface area contributed by atoms with Crippen LogP contribution in [0.15, 0.2) is 71.6 Å². The molecule has 32 heavy (non-hydrogen) atoms. The van der Waals surface area contributed by atoms with Crippen molar-refractivity contribution in [2.45, 2.75) is 24.7 Å². The number of benzene rings is 3. The maximum Gasteiger partial charge on any atom is 0.261 e. The number of nitrogens with one attached hydrogen (secondary N) is 2. The number of amides is 1. The average molecular weight is 470 g/mol. The third-order valence-electron chi connectivity index (χ3n) is 5.45. The van der Waals surface area contributed by atoms with Gasteiger partial charge in [-0.3, -0.25) is 9.52 Å². The quantitative estimate of drug-likeness (QED) is 0.513. The second kappa shape index (κ2) is 9.22. The van der Waals surface area contributed by atoms with Crippen LogP contribution in [0.5, 0.6) is 0 Å². The van der Waals surface area contributed by atoms with Crippen molar-refractivity contribution in [3.05, 3.63) is 82.9 Å². The lowest BCUT2D eigenvalue weighted by Gasteiger charge is -2.19. The Morgan fingerprint density at radius 1 is 0.938 bits per heavy atom. The Hall–Kier alpha value is -3.03. The fourth-order valence-corrected chi connectivity index (χ4v) is 5.07. The highest BCUT2D eigenvalue weighted by Gasteiger charge is 2.18. The van der Waals surface area contributed by atoms with Crippen molar-refractivity contribution in [3.8, 4) is 0 Å². The summed E-state index contributed by atoms with van der Waals surface area (Å²) in [6, 6.07) is 18.4. The van der Waals surface area contributed by atoms with Crippen LogP contribution in [0.4, 0.5) is 17.1 Å². The van der Waals surface area contributed by atoms with E-state index in [2.05, 4.69) is 21.0 Å². The van der Waals surface area contributed by atoms with E-state index in [1.165, 1.54) is 25.0 Å². The van der Waals surface area contributed by atoms with Crippen molar-refractivity contribution >= 4 is 44.6 Å². The smallest absolute Gasteiger partial charge is 0.261 e. The van der Waals surface area contributed by atoms with Gasteiger partial charge in [0.15, 0.2) is 0 Å². The Morgan fingerprint density at radius 3 is 2.41 bits per heavy atom. The van der Waals surface area contributed by atoms with Crippen LogP contribution in [0.25, 0.3) is 0 Å². The van der Waals surface area contributed by atoms with E-state index >= 15 is 0 Å². The lowest BCUT2D eigenvalue weighted by Crippen LogP contribution is -2.18. The molecule has 0 unspecified atom stereocenters. The van der Waals surface area contributed by atoms with Crippen molar-refractivity contribution in [1.82, 2.24) is 0 Å². The van der Waals surface area contributed by atoms with Crippen molar-refractivity contribution in [2.24, 2.45) is 0 Å². The molecule has 1 aliphatic rings. The van der Waals surface area contributed by atoms with Crippen molar-refractivity contribution in [2.75, 3.05) is 28.0 Å². The molecule has 1 fully saturated rings. The molecule has 0 saturated carbocycles. The molecular weight excluding hydrogens is 446 g/mol. The van der Waals surface area contributed by atoms with Gasteiger partial charge in [-0.25, -0.2) is 8.42 Å². The van der Waals surface area contributed by atoms with Gasteiger partial charge in [-0.05, 0) is 73.9 Å². The number of carbonyl (C=O) groups is 1. The molecule has 1 aliphatic heterocycles. The molecule has 1 saturated heterocycles. The lowest BCUT2D eigenvalue weighted by molar-refractivity contribution is 0.102. The normalized spacial score (nSPS) is 13.8. The topological polar surface area (TPSA) is 78.5 Å². The largest absolute Gasteiger partial charge is 0.372 e. The molecule has 3 aromatic carbocycles. The van der Waals surface area contributed by atoms with Crippen LogP contribution in [0.3, 0.4) is 0 Å². The molecule has 6 nitrogen and oxygen atoms in total. The molecule has 8 heteroatoms. The molecule has 1 heterocycles. The van der Waals surface area contributed by atoms with Gasteiger partial charge in [-0.2, -0.15) is 0 Å². The molecule has 4 rings (SSSR count). The van der Waals surface area contributed by atoms with Gasteiger partial charge < -0.3 is 10.2 Å². The Morgan fingerprint density at radius 2 is 1.69 bits per heavy atom. The first-order chi connectivity index (χ1) is 15.3. The van der Waals surface area contributed by atoms with Gasteiger partial charge in [-0.15, -0.1) is 0 Å². The minimum atomic E-state index is -3.91. The first-order valence-electron chi connectivity index (χ1n) is 10.4. The number of nitrogens with zero attached hydrogens (tertiary/aromatic N) is 1. The summed E-state index contributed by atoms with van der Waals surface area (Å²) in [7, 11) is -3.91. The number of sulfonamides is 1. The molecule has 0 bridgehead atoms. The fourth-order valence-electron chi connectivity index (χ4n) is 3.71. The Bertz CT molecular complexity index is 1250. The van der Waals surface area contributed by atoms with Crippen LogP contribution in [-0.2, 0) is 10.0 Å². The van der Waals surface area contributed by atoms with Gasteiger partial charge >= 0.3 is 0 Å². The Kier molecular flexibility index (Phi) is 6.39. The Labute approximate surface area is 193 Å². The van der Waals surface area contributed by atoms with Crippen LogP contribution < -0.4 is 14.9 Å². The van der Waals surface area contributed by atoms with E-state index in [4.69, 9.17) is 11.6 Å². The van der Waals surface area contributed by atoms with E-state index in [0.29, 0.717) is 5.69 Å². The number of para-hydroxylation sites is 1. The van der Waals surface area contributed by atoms with Crippen LogP contribution in [0.1, 0.15) is 28.8 Å². The standard InChI is InChI=1S/C24H24ClN3O3S/c1-17-15-19(28-13-4-5-14-28)11-12-22(17)26-24(29)18-7-6-8-20(16-18)32(30,31)27-23-10-3-2-9-21(23)25/h2-3,6-12,15-16,27H,4-5,13-14H2,1H3,(H,26,29). The Balaban J connectivity index is 1.52. The summed E-state index contributed by atoms with van der Waals surface area (Å²) in [4.78, 5) is 15.2. The molecule has 0 atom stereocenters. The third-order valence-corrected chi connectivity index (χ3v) is 7.15. The number of carbonyl (C=O) groups excluding carboxylic acids is 1. The molecule has 0 radical (unpaired) electrons. The summed E-state index contributed by atoms with van der Waals surface area (Å²) < 4.78 is 28.1. The first kappa shape index (κ1) is 22.2. The van der Waals surface area contributed by atoms with Gasteiger partial charge in [0.2, 0.25) is 0 Å². The summed E-state index contributed by atoms with van der Waals surface area (Å²) in [5.74, 6) is -0.378. The minimum absolute atomic E-state index is 0.0221. The fraction of sp³-hybridized carbons (Fsp3) is 0.208. The second-order valence-corrected chi connectivity index (χ2v) is 9.85. The van der Waals surface area contributed by atoms with Gasteiger partial charge in [0.05, 0.1) is 15.6 Å². The number of rotatable bonds is 6. The molecule has 0 aliphatic carbocycles. The summed E-state index contributed by atoms with van der Waals surface area (Å²) >= 11 is 6.06. The van der Waals surface area contributed by atoms with Crippen LogP contribution in [-0.4, -0.2) is 27.4 Å². The number of aryl methyl sites for hydroxylation is 1. The zero-order valence-corrected chi connectivity index (χ0v) is 19.2. The minimum Gasteiger partial charge on any atom is -0.372 e. The molecular formula is C24H24ClN3O3S. The van der Waals surface area contributed by atoms with Gasteiger partial charge in [0.25, 0.3) is 15.9 Å². The van der Waals surface area contributed by atoms with E-state index in [1.54, 1.807) is 36.4 Å². The highest BCUT2D eigenvalue weighted by molar-refractivity contribution is 7.92. The number of hydrogen-bond acceptors (Lipinski definition) is 4. The predicted molar refractivity (Wildman–Crippen MR) is 129 cm³/mol. The maximum absolute atomic E-state index is 12.8. The van der Waals surface area contributed by atoms with Gasteiger partial charge in [0, 0.05) is 30.0 Å². The van der Waals surface area contributed by atoms with E-state index in [9.17, 15) is 13.2 Å². The predicted octanol–water partition coefficient (Wildman–Crippen LogP) is 5.30. The molecule has 1 amide bonds. The first-order valence-corrected chi connectivity index (χ1v) is 12.2. The molecule has 0 spiro atoms. The van der Waals surface area contributed by atoms with Gasteiger partial charge in [0.1, 0.15) is 0 Å². The highest BCUT2D eigenvalue weighted by atomic mass is 35.5. The second-order valence-electron chi connectivity index (χ2n) is 7.76.